The Hall–Kier alpha value is -1.01. The first-order valence-corrected chi connectivity index (χ1v) is 4.33. The van der Waals surface area contributed by atoms with Gasteiger partial charge in [-0.15, -0.1) is 5.73 Å². The normalized spacial score (nSPS) is 8.83. The third kappa shape index (κ3) is 5.75. The molecule has 0 unspecified atom stereocenters. The molecular weight excluding hydrogens is 152 g/mol. The van der Waals surface area contributed by atoms with Crippen LogP contribution in [-0.4, -0.2) is 11.1 Å². The molecule has 0 fully saturated rings. The van der Waals surface area contributed by atoms with Crippen molar-refractivity contribution < 1.29 is 9.90 Å². The Labute approximate surface area is 73.6 Å². The standard InChI is InChI=1S/C10H16O2/c1-3-4-5-6-7-8-9(2)10(11)12/h7H,3-6H2,1-2H3,(H,11,12). The zero-order chi connectivity index (χ0) is 9.40. The third-order valence-electron chi connectivity index (χ3n) is 1.59. The van der Waals surface area contributed by atoms with E-state index in [1.807, 2.05) is 0 Å². The summed E-state index contributed by atoms with van der Waals surface area (Å²) in [5, 5.41) is 8.47. The smallest absolute Gasteiger partial charge is 0.339 e. The van der Waals surface area contributed by atoms with Crippen molar-refractivity contribution in [3.63, 3.8) is 0 Å². The van der Waals surface area contributed by atoms with Gasteiger partial charge in [-0.25, -0.2) is 4.79 Å². The minimum absolute atomic E-state index is 0.284. The van der Waals surface area contributed by atoms with Crippen molar-refractivity contribution in [3.8, 4) is 0 Å². The number of carbonyl (C=O) groups is 1. The van der Waals surface area contributed by atoms with Gasteiger partial charge in [0.2, 0.25) is 0 Å². The van der Waals surface area contributed by atoms with Crippen molar-refractivity contribution in [2.75, 3.05) is 0 Å². The zero-order valence-electron chi connectivity index (χ0n) is 7.76. The number of rotatable bonds is 5. The van der Waals surface area contributed by atoms with Gasteiger partial charge in [0.25, 0.3) is 0 Å². The maximum absolute atomic E-state index is 10.3. The summed E-state index contributed by atoms with van der Waals surface area (Å²) in [5.41, 5.74) is 3.02. The molecule has 68 valence electrons. The van der Waals surface area contributed by atoms with Crippen LogP contribution in [0.15, 0.2) is 17.4 Å². The first kappa shape index (κ1) is 11.0. The minimum Gasteiger partial charge on any atom is -0.477 e. The van der Waals surface area contributed by atoms with Crippen LogP contribution in [0.3, 0.4) is 0 Å². The van der Waals surface area contributed by atoms with Crippen molar-refractivity contribution >= 4 is 5.97 Å². The van der Waals surface area contributed by atoms with Gasteiger partial charge in [0.1, 0.15) is 0 Å². The van der Waals surface area contributed by atoms with E-state index >= 15 is 0 Å². The largest absolute Gasteiger partial charge is 0.477 e. The average Bonchev–Trinajstić information content (AvgIpc) is 2.03. The molecular formula is C10H16O2. The van der Waals surface area contributed by atoms with Crippen LogP contribution in [0.4, 0.5) is 0 Å². The monoisotopic (exact) mass is 168 g/mol. The summed E-state index contributed by atoms with van der Waals surface area (Å²) in [6.07, 6.45) is 6.24. The Kier molecular flexibility index (Phi) is 6.12. The highest BCUT2D eigenvalue weighted by molar-refractivity contribution is 5.85. The molecule has 0 bridgehead atoms. The highest BCUT2D eigenvalue weighted by Gasteiger charge is 1.94. The van der Waals surface area contributed by atoms with E-state index in [4.69, 9.17) is 5.11 Å². The molecule has 0 spiro atoms. The van der Waals surface area contributed by atoms with Gasteiger partial charge >= 0.3 is 5.97 Å². The topological polar surface area (TPSA) is 37.3 Å². The Bertz CT molecular complexity index is 198. The zero-order valence-corrected chi connectivity index (χ0v) is 7.76. The van der Waals surface area contributed by atoms with E-state index in [1.54, 1.807) is 13.0 Å². The Balaban J connectivity index is 3.73. The van der Waals surface area contributed by atoms with Crippen molar-refractivity contribution in [1.82, 2.24) is 0 Å². The fourth-order valence-electron chi connectivity index (χ4n) is 0.783. The summed E-state index contributed by atoms with van der Waals surface area (Å²) in [4.78, 5) is 10.3. The van der Waals surface area contributed by atoms with Gasteiger partial charge in [0, 0.05) is 0 Å². The lowest BCUT2D eigenvalue weighted by Gasteiger charge is -1.89. The van der Waals surface area contributed by atoms with Gasteiger partial charge in [0.05, 0.1) is 5.57 Å². The summed E-state index contributed by atoms with van der Waals surface area (Å²) in [5.74, 6) is -0.887. The van der Waals surface area contributed by atoms with Gasteiger partial charge in [0.15, 0.2) is 0 Å². The molecule has 12 heavy (non-hydrogen) atoms. The summed E-state index contributed by atoms with van der Waals surface area (Å²) in [7, 11) is 0. The predicted octanol–water partition coefficient (Wildman–Crippen LogP) is 2.75. The maximum atomic E-state index is 10.3. The van der Waals surface area contributed by atoms with Crippen LogP contribution in [0.2, 0.25) is 0 Å². The number of hydrogen-bond acceptors (Lipinski definition) is 1. The molecule has 0 aromatic carbocycles. The lowest BCUT2D eigenvalue weighted by Crippen LogP contribution is -1.93. The van der Waals surface area contributed by atoms with Gasteiger partial charge in [-0.3, -0.25) is 0 Å². The van der Waals surface area contributed by atoms with Crippen LogP contribution >= 0.6 is 0 Å². The summed E-state index contributed by atoms with van der Waals surface area (Å²) < 4.78 is 0. The summed E-state index contributed by atoms with van der Waals surface area (Å²) >= 11 is 0. The third-order valence-corrected chi connectivity index (χ3v) is 1.59. The summed E-state index contributed by atoms with van der Waals surface area (Å²) in [6.45, 7) is 3.70. The Morgan fingerprint density at radius 2 is 2.17 bits per heavy atom. The molecule has 0 radical (unpaired) electrons. The highest BCUT2D eigenvalue weighted by Crippen LogP contribution is 1.99. The van der Waals surface area contributed by atoms with Crippen molar-refractivity contribution in [2.24, 2.45) is 0 Å². The molecule has 1 N–H and O–H groups in total. The van der Waals surface area contributed by atoms with Gasteiger partial charge in [-0.2, -0.15) is 0 Å². The first-order valence-electron chi connectivity index (χ1n) is 4.33. The number of unbranched alkanes of at least 4 members (excludes halogenated alkanes) is 3. The van der Waals surface area contributed by atoms with Crippen molar-refractivity contribution in [3.05, 3.63) is 17.4 Å². The molecule has 0 aliphatic carbocycles. The predicted molar refractivity (Wildman–Crippen MR) is 49.0 cm³/mol. The lowest BCUT2D eigenvalue weighted by atomic mass is 10.2. The van der Waals surface area contributed by atoms with Crippen LogP contribution in [0.25, 0.3) is 0 Å². The number of carboxylic acid groups (broad SMARTS) is 1. The van der Waals surface area contributed by atoms with Crippen molar-refractivity contribution in [1.29, 1.82) is 0 Å². The van der Waals surface area contributed by atoms with Crippen molar-refractivity contribution in [2.45, 2.75) is 39.5 Å². The van der Waals surface area contributed by atoms with Gasteiger partial charge in [-0.1, -0.05) is 19.8 Å². The van der Waals surface area contributed by atoms with Crippen LogP contribution in [0.1, 0.15) is 39.5 Å². The minimum atomic E-state index is -0.887. The molecule has 0 amide bonds. The molecule has 0 heterocycles. The van der Waals surface area contributed by atoms with E-state index < -0.39 is 5.97 Å². The molecule has 0 aliphatic heterocycles. The SMILES string of the molecule is CCCCCC=C=C(C)C(=O)O. The fourth-order valence-corrected chi connectivity index (χ4v) is 0.783. The molecule has 0 rings (SSSR count). The number of hydrogen-bond donors (Lipinski definition) is 1. The molecule has 2 nitrogen and oxygen atoms in total. The summed E-state index contributed by atoms with van der Waals surface area (Å²) in [6, 6.07) is 0. The van der Waals surface area contributed by atoms with Gasteiger partial charge in [-0.05, 0) is 25.8 Å². The average molecular weight is 168 g/mol. The van der Waals surface area contributed by atoms with E-state index in [1.165, 1.54) is 12.8 Å². The second-order valence-electron chi connectivity index (χ2n) is 2.77. The molecule has 0 aromatic rings. The molecule has 2 heteroatoms. The van der Waals surface area contributed by atoms with Gasteiger partial charge < -0.3 is 5.11 Å². The molecule has 0 aromatic heterocycles. The fraction of sp³-hybridized carbons (Fsp3) is 0.600. The molecule has 0 saturated heterocycles. The second kappa shape index (κ2) is 6.68. The van der Waals surface area contributed by atoms with Crippen LogP contribution in [-0.2, 0) is 4.79 Å². The van der Waals surface area contributed by atoms with E-state index in [-0.39, 0.29) is 5.57 Å². The van der Waals surface area contributed by atoms with E-state index in [0.29, 0.717) is 0 Å². The number of carboxylic acids is 1. The second-order valence-corrected chi connectivity index (χ2v) is 2.77. The Morgan fingerprint density at radius 3 is 2.67 bits per heavy atom. The number of aliphatic carboxylic acids is 1. The molecule has 0 atom stereocenters. The molecule has 0 aliphatic rings. The van der Waals surface area contributed by atoms with Crippen LogP contribution in [0.5, 0.6) is 0 Å². The van der Waals surface area contributed by atoms with E-state index in [9.17, 15) is 4.79 Å². The lowest BCUT2D eigenvalue weighted by molar-refractivity contribution is -0.132. The van der Waals surface area contributed by atoms with Crippen LogP contribution < -0.4 is 0 Å². The molecule has 0 saturated carbocycles. The quantitative estimate of drug-likeness (QED) is 0.389. The first-order chi connectivity index (χ1) is 5.68. The van der Waals surface area contributed by atoms with E-state index in [2.05, 4.69) is 12.7 Å². The highest BCUT2D eigenvalue weighted by atomic mass is 16.4. The Morgan fingerprint density at radius 1 is 1.50 bits per heavy atom. The maximum Gasteiger partial charge on any atom is 0.339 e. The van der Waals surface area contributed by atoms with Crippen LogP contribution in [0, 0.1) is 0 Å². The van der Waals surface area contributed by atoms with E-state index in [0.717, 1.165) is 12.8 Å².